The van der Waals surface area contributed by atoms with E-state index in [9.17, 15) is 26.4 Å². The Balaban J connectivity index is 2.31. The zero-order chi connectivity index (χ0) is 20.4. The molecule has 1 amide bonds. The topological polar surface area (TPSA) is 66.5 Å². The van der Waals surface area contributed by atoms with Crippen LogP contribution in [0.1, 0.15) is 18.1 Å². The summed E-state index contributed by atoms with van der Waals surface area (Å²) < 4.78 is 63.8. The lowest BCUT2D eigenvalue weighted by Crippen LogP contribution is -2.45. The van der Waals surface area contributed by atoms with Gasteiger partial charge in [-0.3, -0.25) is 9.10 Å². The SMILES string of the molecule is Cc1cccc(N([C@H](C)C(=O)Nc2cccc(C(F)(F)F)c2)S(C)(=O)=O)c1. The average Bonchev–Trinajstić information content (AvgIpc) is 2.53. The van der Waals surface area contributed by atoms with Gasteiger partial charge in [-0.2, -0.15) is 13.2 Å². The van der Waals surface area contributed by atoms with Crippen LogP contribution in [0.2, 0.25) is 0 Å². The van der Waals surface area contributed by atoms with Gasteiger partial charge in [0.05, 0.1) is 17.5 Å². The Hall–Kier alpha value is -2.55. The van der Waals surface area contributed by atoms with Crippen molar-refractivity contribution in [2.45, 2.75) is 26.1 Å². The molecular weight excluding hydrogens is 381 g/mol. The number of amides is 1. The van der Waals surface area contributed by atoms with Gasteiger partial charge in [-0.05, 0) is 49.7 Å². The van der Waals surface area contributed by atoms with Crippen LogP contribution in [0.15, 0.2) is 48.5 Å². The summed E-state index contributed by atoms with van der Waals surface area (Å²) in [6, 6.07) is 9.55. The number of aryl methyl sites for hydroxylation is 1. The summed E-state index contributed by atoms with van der Waals surface area (Å²) in [5.41, 5.74) is 0.113. The highest BCUT2D eigenvalue weighted by molar-refractivity contribution is 7.92. The van der Waals surface area contributed by atoms with Gasteiger partial charge in [0.25, 0.3) is 0 Å². The largest absolute Gasteiger partial charge is 0.416 e. The van der Waals surface area contributed by atoms with Crippen molar-refractivity contribution in [1.29, 1.82) is 0 Å². The molecule has 27 heavy (non-hydrogen) atoms. The molecule has 0 aliphatic rings. The first-order valence-corrected chi connectivity index (χ1v) is 9.78. The molecule has 146 valence electrons. The molecule has 0 saturated carbocycles. The van der Waals surface area contributed by atoms with Crippen molar-refractivity contribution in [3.05, 3.63) is 59.7 Å². The standard InChI is InChI=1S/C18H19F3N2O3S/c1-12-6-4-9-16(10-12)23(27(3,25)26)13(2)17(24)22-15-8-5-7-14(11-15)18(19,20)21/h4-11,13H,1-3H3,(H,22,24)/t13-/m1/s1. The number of carbonyl (C=O) groups excluding carboxylic acids is 1. The highest BCUT2D eigenvalue weighted by Crippen LogP contribution is 2.31. The Morgan fingerprint density at radius 1 is 1.11 bits per heavy atom. The number of carbonyl (C=O) groups is 1. The maximum atomic E-state index is 12.8. The molecule has 1 N–H and O–H groups in total. The second-order valence-corrected chi connectivity index (χ2v) is 8.00. The Morgan fingerprint density at radius 2 is 1.74 bits per heavy atom. The summed E-state index contributed by atoms with van der Waals surface area (Å²) in [5.74, 6) is -0.749. The minimum absolute atomic E-state index is 0.0700. The zero-order valence-electron chi connectivity index (χ0n) is 14.9. The van der Waals surface area contributed by atoms with E-state index in [-0.39, 0.29) is 5.69 Å². The monoisotopic (exact) mass is 400 g/mol. The molecule has 0 heterocycles. The van der Waals surface area contributed by atoms with E-state index in [1.807, 2.05) is 0 Å². The van der Waals surface area contributed by atoms with Gasteiger partial charge in [-0.25, -0.2) is 8.42 Å². The van der Waals surface area contributed by atoms with E-state index in [2.05, 4.69) is 5.32 Å². The first-order valence-electron chi connectivity index (χ1n) is 7.94. The number of anilines is 2. The van der Waals surface area contributed by atoms with E-state index in [0.29, 0.717) is 5.69 Å². The van der Waals surface area contributed by atoms with Crippen LogP contribution in [-0.4, -0.2) is 26.6 Å². The number of alkyl halides is 3. The van der Waals surface area contributed by atoms with E-state index in [4.69, 9.17) is 0 Å². The lowest BCUT2D eigenvalue weighted by molar-refractivity contribution is -0.137. The smallest absolute Gasteiger partial charge is 0.324 e. The van der Waals surface area contributed by atoms with Crippen molar-refractivity contribution in [2.75, 3.05) is 15.9 Å². The van der Waals surface area contributed by atoms with E-state index >= 15 is 0 Å². The van der Waals surface area contributed by atoms with E-state index in [1.165, 1.54) is 13.0 Å². The van der Waals surface area contributed by atoms with Gasteiger partial charge in [-0.15, -0.1) is 0 Å². The highest BCUT2D eigenvalue weighted by atomic mass is 32.2. The van der Waals surface area contributed by atoms with Gasteiger partial charge in [0, 0.05) is 5.69 Å². The number of sulfonamides is 1. The predicted octanol–water partition coefficient (Wildman–Crippen LogP) is 3.81. The van der Waals surface area contributed by atoms with Crippen LogP contribution < -0.4 is 9.62 Å². The van der Waals surface area contributed by atoms with Gasteiger partial charge < -0.3 is 5.32 Å². The van der Waals surface area contributed by atoms with E-state index in [1.54, 1.807) is 31.2 Å². The molecule has 9 heteroatoms. The summed E-state index contributed by atoms with van der Waals surface area (Å²) in [6.07, 6.45) is -3.59. The first kappa shape index (κ1) is 20.8. The lowest BCUT2D eigenvalue weighted by atomic mass is 10.1. The molecule has 0 saturated heterocycles. The summed E-state index contributed by atoms with van der Waals surface area (Å²) in [4.78, 5) is 12.5. The van der Waals surface area contributed by atoms with Gasteiger partial charge in [0.15, 0.2) is 0 Å². The summed E-state index contributed by atoms with van der Waals surface area (Å²) in [5, 5.41) is 2.35. The van der Waals surface area contributed by atoms with Crippen LogP contribution in [0.4, 0.5) is 24.5 Å². The molecule has 1 atom stereocenters. The van der Waals surface area contributed by atoms with Crippen molar-refractivity contribution in [3.63, 3.8) is 0 Å². The molecule has 2 rings (SSSR count). The third-order valence-corrected chi connectivity index (χ3v) is 5.04. The quantitative estimate of drug-likeness (QED) is 0.830. The minimum atomic E-state index is -4.55. The molecule has 0 spiro atoms. The molecule has 0 aliphatic heterocycles. The molecule has 0 aromatic heterocycles. The van der Waals surface area contributed by atoms with E-state index < -0.39 is 33.7 Å². The second kappa shape index (κ2) is 7.59. The molecule has 2 aromatic carbocycles. The lowest BCUT2D eigenvalue weighted by Gasteiger charge is -2.28. The van der Waals surface area contributed by atoms with Crippen molar-refractivity contribution < 1.29 is 26.4 Å². The van der Waals surface area contributed by atoms with Gasteiger partial charge in [0.1, 0.15) is 6.04 Å². The molecule has 0 fully saturated rings. The molecule has 2 aromatic rings. The second-order valence-electron chi connectivity index (χ2n) is 6.14. The third kappa shape index (κ3) is 5.22. The Morgan fingerprint density at radius 3 is 2.30 bits per heavy atom. The molecule has 0 unspecified atom stereocenters. The Kier molecular flexibility index (Phi) is 5.84. The first-order chi connectivity index (χ1) is 12.4. The number of nitrogens with one attached hydrogen (secondary N) is 1. The van der Waals surface area contributed by atoms with Crippen molar-refractivity contribution in [1.82, 2.24) is 0 Å². The van der Waals surface area contributed by atoms with Gasteiger partial charge >= 0.3 is 6.18 Å². The summed E-state index contributed by atoms with van der Waals surface area (Å²) in [7, 11) is -3.81. The summed E-state index contributed by atoms with van der Waals surface area (Å²) in [6.45, 7) is 3.14. The molecule has 0 aliphatic carbocycles. The maximum absolute atomic E-state index is 12.8. The maximum Gasteiger partial charge on any atom is 0.416 e. The number of hydrogen-bond donors (Lipinski definition) is 1. The molecule has 5 nitrogen and oxygen atoms in total. The van der Waals surface area contributed by atoms with Crippen LogP contribution in [0.5, 0.6) is 0 Å². The minimum Gasteiger partial charge on any atom is -0.324 e. The van der Waals surface area contributed by atoms with Crippen molar-refractivity contribution >= 4 is 27.3 Å². The van der Waals surface area contributed by atoms with Crippen LogP contribution in [0.3, 0.4) is 0 Å². The fourth-order valence-electron chi connectivity index (χ4n) is 2.59. The average molecular weight is 400 g/mol. The van der Waals surface area contributed by atoms with Crippen LogP contribution >= 0.6 is 0 Å². The van der Waals surface area contributed by atoms with E-state index in [0.717, 1.165) is 34.3 Å². The van der Waals surface area contributed by atoms with Crippen LogP contribution in [0, 0.1) is 6.92 Å². The molecular formula is C18H19F3N2O3S. The van der Waals surface area contributed by atoms with Gasteiger partial charge in [-0.1, -0.05) is 18.2 Å². The number of rotatable bonds is 5. The van der Waals surface area contributed by atoms with Crippen molar-refractivity contribution in [3.8, 4) is 0 Å². The normalized spacial score (nSPS) is 13.1. The predicted molar refractivity (Wildman–Crippen MR) is 98.0 cm³/mol. The number of nitrogens with zero attached hydrogens (tertiary/aromatic N) is 1. The van der Waals surface area contributed by atoms with Crippen molar-refractivity contribution in [2.24, 2.45) is 0 Å². The summed E-state index contributed by atoms with van der Waals surface area (Å²) >= 11 is 0. The zero-order valence-corrected chi connectivity index (χ0v) is 15.7. The number of hydrogen-bond acceptors (Lipinski definition) is 3. The third-order valence-electron chi connectivity index (χ3n) is 3.80. The van der Waals surface area contributed by atoms with Gasteiger partial charge in [0.2, 0.25) is 15.9 Å². The number of benzene rings is 2. The highest BCUT2D eigenvalue weighted by Gasteiger charge is 2.32. The molecule has 0 bridgehead atoms. The Bertz CT molecular complexity index is 943. The Labute approximate surface area is 155 Å². The van der Waals surface area contributed by atoms with Crippen LogP contribution in [0.25, 0.3) is 0 Å². The fraction of sp³-hybridized carbons (Fsp3) is 0.278. The fourth-order valence-corrected chi connectivity index (χ4v) is 3.76. The molecule has 0 radical (unpaired) electrons. The van der Waals surface area contributed by atoms with Crippen LogP contribution in [-0.2, 0) is 21.0 Å². The number of halogens is 3.